The van der Waals surface area contributed by atoms with Crippen LogP contribution in [0.15, 0.2) is 30.3 Å². The van der Waals surface area contributed by atoms with E-state index < -0.39 is 0 Å². The van der Waals surface area contributed by atoms with E-state index >= 15 is 0 Å². The van der Waals surface area contributed by atoms with Gasteiger partial charge in [0.1, 0.15) is 17.4 Å². The molecule has 7 nitrogen and oxygen atoms in total. The standard InChI is InChI=1S/C22H31N5O2/c1-5-29-19-9-7-6-8-18(19)24-21(28)15-26-10-12-27(13-11-26)20-14-17(4)23-22(25-20)16(2)3/h6-9,14,16H,5,10-13,15H2,1-4H3,(H,24,28). The van der Waals surface area contributed by atoms with E-state index in [-0.39, 0.29) is 5.91 Å². The Morgan fingerprint density at radius 1 is 1.17 bits per heavy atom. The predicted octanol–water partition coefficient (Wildman–Crippen LogP) is 3.07. The van der Waals surface area contributed by atoms with E-state index in [0.717, 1.165) is 49.2 Å². The summed E-state index contributed by atoms with van der Waals surface area (Å²) in [5.74, 6) is 2.85. The van der Waals surface area contributed by atoms with Gasteiger partial charge in [0, 0.05) is 43.9 Å². The van der Waals surface area contributed by atoms with E-state index in [9.17, 15) is 4.79 Å². The second-order valence-corrected chi connectivity index (χ2v) is 7.62. The Bertz CT molecular complexity index is 832. The number of carbonyl (C=O) groups excluding carboxylic acids is 1. The number of nitrogens with zero attached hydrogens (tertiary/aromatic N) is 4. The minimum atomic E-state index is -0.0226. The van der Waals surface area contributed by atoms with Gasteiger partial charge in [-0.1, -0.05) is 26.0 Å². The maximum Gasteiger partial charge on any atom is 0.238 e. The first-order chi connectivity index (χ1) is 14.0. The van der Waals surface area contributed by atoms with Gasteiger partial charge in [-0.2, -0.15) is 0 Å². The normalized spacial score (nSPS) is 14.9. The van der Waals surface area contributed by atoms with Gasteiger partial charge in [0.15, 0.2) is 0 Å². The molecule has 1 amide bonds. The number of ether oxygens (including phenoxy) is 1. The largest absolute Gasteiger partial charge is 0.492 e. The van der Waals surface area contributed by atoms with Crippen LogP contribution in [0.2, 0.25) is 0 Å². The molecule has 0 radical (unpaired) electrons. The summed E-state index contributed by atoms with van der Waals surface area (Å²) in [5.41, 5.74) is 1.71. The SMILES string of the molecule is CCOc1ccccc1NC(=O)CN1CCN(c2cc(C)nc(C(C)C)n2)CC1. The predicted molar refractivity (Wildman–Crippen MR) is 116 cm³/mol. The Kier molecular flexibility index (Phi) is 7.04. The van der Waals surface area contributed by atoms with Gasteiger partial charge in [0.2, 0.25) is 5.91 Å². The molecule has 156 valence electrons. The number of rotatable bonds is 7. The second-order valence-electron chi connectivity index (χ2n) is 7.62. The van der Waals surface area contributed by atoms with Crippen molar-refractivity contribution < 1.29 is 9.53 Å². The van der Waals surface area contributed by atoms with Gasteiger partial charge in [-0.3, -0.25) is 9.69 Å². The fourth-order valence-corrected chi connectivity index (χ4v) is 3.37. The monoisotopic (exact) mass is 397 g/mol. The highest BCUT2D eigenvalue weighted by molar-refractivity contribution is 5.93. The summed E-state index contributed by atoms with van der Waals surface area (Å²) in [7, 11) is 0. The molecule has 0 unspecified atom stereocenters. The van der Waals surface area contributed by atoms with Crippen molar-refractivity contribution >= 4 is 17.4 Å². The average molecular weight is 398 g/mol. The molecule has 0 atom stereocenters. The highest BCUT2D eigenvalue weighted by atomic mass is 16.5. The minimum absolute atomic E-state index is 0.0226. The fraction of sp³-hybridized carbons (Fsp3) is 0.500. The molecule has 1 aliphatic rings. The minimum Gasteiger partial charge on any atom is -0.492 e. The lowest BCUT2D eigenvalue weighted by Gasteiger charge is -2.35. The zero-order chi connectivity index (χ0) is 20.8. The number of hydrogen-bond donors (Lipinski definition) is 1. The van der Waals surface area contributed by atoms with Gasteiger partial charge in [-0.25, -0.2) is 9.97 Å². The molecule has 0 spiro atoms. The number of para-hydroxylation sites is 2. The van der Waals surface area contributed by atoms with Crippen molar-refractivity contribution in [1.29, 1.82) is 0 Å². The molecule has 29 heavy (non-hydrogen) atoms. The Morgan fingerprint density at radius 2 is 1.90 bits per heavy atom. The molecular weight excluding hydrogens is 366 g/mol. The van der Waals surface area contributed by atoms with Gasteiger partial charge in [-0.05, 0) is 26.0 Å². The van der Waals surface area contributed by atoms with E-state index in [1.807, 2.05) is 44.2 Å². The first-order valence-electron chi connectivity index (χ1n) is 10.3. The van der Waals surface area contributed by atoms with Crippen LogP contribution in [-0.2, 0) is 4.79 Å². The Balaban J connectivity index is 1.54. The molecule has 0 saturated carbocycles. The van der Waals surface area contributed by atoms with E-state index in [1.54, 1.807) is 0 Å². The highest BCUT2D eigenvalue weighted by Crippen LogP contribution is 2.24. The molecule has 0 aliphatic carbocycles. The van der Waals surface area contributed by atoms with Gasteiger partial charge >= 0.3 is 0 Å². The summed E-state index contributed by atoms with van der Waals surface area (Å²) < 4.78 is 5.58. The molecule has 1 N–H and O–H groups in total. The summed E-state index contributed by atoms with van der Waals surface area (Å²) in [5, 5.41) is 2.97. The topological polar surface area (TPSA) is 70.6 Å². The maximum absolute atomic E-state index is 12.5. The van der Waals surface area contributed by atoms with Crippen LogP contribution >= 0.6 is 0 Å². The number of hydrogen-bond acceptors (Lipinski definition) is 6. The molecule has 1 aromatic heterocycles. The Labute approximate surface area is 173 Å². The van der Waals surface area contributed by atoms with Gasteiger partial charge in [-0.15, -0.1) is 0 Å². The molecule has 1 aromatic carbocycles. The van der Waals surface area contributed by atoms with Crippen LogP contribution in [0.4, 0.5) is 11.5 Å². The van der Waals surface area contributed by atoms with Crippen molar-refractivity contribution in [1.82, 2.24) is 14.9 Å². The van der Waals surface area contributed by atoms with E-state index in [0.29, 0.717) is 24.8 Å². The van der Waals surface area contributed by atoms with Crippen molar-refractivity contribution in [3.63, 3.8) is 0 Å². The van der Waals surface area contributed by atoms with Gasteiger partial charge < -0.3 is 15.0 Å². The number of benzene rings is 1. The van der Waals surface area contributed by atoms with Crippen molar-refractivity contribution in [2.24, 2.45) is 0 Å². The van der Waals surface area contributed by atoms with Crippen LogP contribution < -0.4 is 15.0 Å². The van der Waals surface area contributed by atoms with Crippen LogP contribution in [0.1, 0.15) is 38.2 Å². The first kappa shape index (κ1) is 21.0. The third-order valence-electron chi connectivity index (χ3n) is 4.90. The fourth-order valence-electron chi connectivity index (χ4n) is 3.37. The zero-order valence-corrected chi connectivity index (χ0v) is 17.8. The molecule has 7 heteroatoms. The average Bonchev–Trinajstić information content (AvgIpc) is 2.69. The Morgan fingerprint density at radius 3 is 2.59 bits per heavy atom. The lowest BCUT2D eigenvalue weighted by molar-refractivity contribution is -0.117. The van der Waals surface area contributed by atoms with Crippen molar-refractivity contribution in [2.75, 3.05) is 49.5 Å². The molecular formula is C22H31N5O2. The Hall–Kier alpha value is -2.67. The van der Waals surface area contributed by atoms with Gasteiger partial charge in [0.25, 0.3) is 0 Å². The van der Waals surface area contributed by atoms with Crippen molar-refractivity contribution in [3.05, 3.63) is 41.9 Å². The molecule has 1 fully saturated rings. The van der Waals surface area contributed by atoms with Crippen LogP contribution in [-0.4, -0.2) is 60.1 Å². The third kappa shape index (κ3) is 5.67. The van der Waals surface area contributed by atoms with Crippen LogP contribution in [0.5, 0.6) is 5.75 Å². The molecule has 2 heterocycles. The lowest BCUT2D eigenvalue weighted by atomic mass is 10.2. The number of nitrogens with one attached hydrogen (secondary N) is 1. The third-order valence-corrected chi connectivity index (χ3v) is 4.90. The van der Waals surface area contributed by atoms with Crippen LogP contribution in [0.25, 0.3) is 0 Å². The van der Waals surface area contributed by atoms with Crippen molar-refractivity contribution in [3.8, 4) is 5.75 Å². The summed E-state index contributed by atoms with van der Waals surface area (Å²) in [6.45, 7) is 12.4. The van der Waals surface area contributed by atoms with Crippen LogP contribution in [0, 0.1) is 6.92 Å². The molecule has 3 rings (SSSR count). The highest BCUT2D eigenvalue weighted by Gasteiger charge is 2.21. The quantitative estimate of drug-likeness (QED) is 0.774. The number of aromatic nitrogens is 2. The summed E-state index contributed by atoms with van der Waals surface area (Å²) in [6, 6.07) is 9.57. The van der Waals surface area contributed by atoms with E-state index in [1.165, 1.54) is 0 Å². The number of piperazine rings is 1. The molecule has 1 aliphatic heterocycles. The van der Waals surface area contributed by atoms with Gasteiger partial charge in [0.05, 0.1) is 18.8 Å². The number of aryl methyl sites for hydroxylation is 1. The summed E-state index contributed by atoms with van der Waals surface area (Å²) >= 11 is 0. The number of carbonyl (C=O) groups is 1. The van der Waals surface area contributed by atoms with Crippen molar-refractivity contribution in [2.45, 2.75) is 33.6 Å². The van der Waals surface area contributed by atoms with E-state index in [4.69, 9.17) is 9.72 Å². The number of anilines is 2. The lowest BCUT2D eigenvalue weighted by Crippen LogP contribution is -2.49. The molecule has 1 saturated heterocycles. The molecule has 2 aromatic rings. The van der Waals surface area contributed by atoms with Crippen LogP contribution in [0.3, 0.4) is 0 Å². The summed E-state index contributed by atoms with van der Waals surface area (Å²) in [4.78, 5) is 26.2. The van der Waals surface area contributed by atoms with E-state index in [2.05, 4.69) is 33.9 Å². The summed E-state index contributed by atoms with van der Waals surface area (Å²) in [6.07, 6.45) is 0. The first-order valence-corrected chi connectivity index (χ1v) is 10.3. The maximum atomic E-state index is 12.5. The number of amides is 1. The zero-order valence-electron chi connectivity index (χ0n) is 17.8. The smallest absolute Gasteiger partial charge is 0.238 e. The second kappa shape index (κ2) is 9.69. The molecule has 0 bridgehead atoms.